The van der Waals surface area contributed by atoms with Crippen LogP contribution in [0.25, 0.3) is 0 Å². The number of hydrogen-bond donors (Lipinski definition) is 1. The van der Waals surface area contributed by atoms with Gasteiger partial charge in [-0.2, -0.15) is 0 Å². The standard InChI is InChI=1S/C18H24FN3O4/c1-3-26-18(25)21-10-8-14(9-11-21)20-17(24)12-22(13(2)23)16-7-5-4-6-15(16)19/h4-7,14H,3,8-12H2,1-2H3,(H,20,24). The molecule has 0 radical (unpaired) electrons. The quantitative estimate of drug-likeness (QED) is 0.865. The molecule has 1 aromatic rings. The molecular formula is C18H24FN3O4. The summed E-state index contributed by atoms with van der Waals surface area (Å²) in [5.41, 5.74) is 0.0762. The molecule has 0 saturated carbocycles. The van der Waals surface area contributed by atoms with Gasteiger partial charge in [0.1, 0.15) is 12.4 Å². The van der Waals surface area contributed by atoms with Crippen molar-refractivity contribution < 1.29 is 23.5 Å². The van der Waals surface area contributed by atoms with E-state index in [9.17, 15) is 18.8 Å². The number of ether oxygens (including phenoxy) is 1. The minimum atomic E-state index is -0.557. The highest BCUT2D eigenvalue weighted by molar-refractivity contribution is 5.97. The maximum absolute atomic E-state index is 13.9. The molecule has 0 unspecified atom stereocenters. The van der Waals surface area contributed by atoms with Crippen LogP contribution < -0.4 is 10.2 Å². The largest absolute Gasteiger partial charge is 0.450 e. The lowest BCUT2D eigenvalue weighted by atomic mass is 10.1. The monoisotopic (exact) mass is 365 g/mol. The zero-order valence-corrected chi connectivity index (χ0v) is 15.0. The van der Waals surface area contributed by atoms with Crippen molar-refractivity contribution >= 4 is 23.6 Å². The second-order valence-electron chi connectivity index (χ2n) is 6.08. The van der Waals surface area contributed by atoms with E-state index in [1.807, 2.05) is 0 Å². The molecule has 2 rings (SSSR count). The van der Waals surface area contributed by atoms with Crippen LogP contribution in [-0.2, 0) is 14.3 Å². The van der Waals surface area contributed by atoms with Gasteiger partial charge in [0.15, 0.2) is 0 Å². The van der Waals surface area contributed by atoms with Crippen molar-refractivity contribution in [2.45, 2.75) is 32.7 Å². The normalized spacial score (nSPS) is 14.7. The van der Waals surface area contributed by atoms with Crippen LogP contribution in [0.4, 0.5) is 14.9 Å². The van der Waals surface area contributed by atoms with E-state index in [1.165, 1.54) is 25.1 Å². The first kappa shape index (κ1) is 19.7. The van der Waals surface area contributed by atoms with Crippen LogP contribution in [0.3, 0.4) is 0 Å². The predicted octanol–water partition coefficient (Wildman–Crippen LogP) is 1.92. The minimum absolute atomic E-state index is 0.0762. The number of piperidine rings is 1. The van der Waals surface area contributed by atoms with Gasteiger partial charge in [-0.1, -0.05) is 12.1 Å². The van der Waals surface area contributed by atoms with E-state index in [1.54, 1.807) is 17.9 Å². The minimum Gasteiger partial charge on any atom is -0.450 e. The number of hydrogen-bond acceptors (Lipinski definition) is 4. The molecule has 1 N–H and O–H groups in total. The average molecular weight is 365 g/mol. The van der Waals surface area contributed by atoms with Crippen molar-refractivity contribution in [3.63, 3.8) is 0 Å². The molecule has 1 aromatic carbocycles. The summed E-state index contributed by atoms with van der Waals surface area (Å²) in [7, 11) is 0. The van der Waals surface area contributed by atoms with Crippen molar-refractivity contribution in [3.8, 4) is 0 Å². The molecule has 8 heteroatoms. The molecular weight excluding hydrogens is 341 g/mol. The summed E-state index contributed by atoms with van der Waals surface area (Å²) in [6, 6.07) is 5.74. The van der Waals surface area contributed by atoms with E-state index < -0.39 is 11.7 Å². The van der Waals surface area contributed by atoms with E-state index >= 15 is 0 Å². The molecule has 1 aliphatic rings. The van der Waals surface area contributed by atoms with Crippen LogP contribution in [0.15, 0.2) is 24.3 Å². The van der Waals surface area contributed by atoms with E-state index in [2.05, 4.69) is 5.32 Å². The topological polar surface area (TPSA) is 79.0 Å². The number of rotatable bonds is 5. The van der Waals surface area contributed by atoms with Gasteiger partial charge in [-0.15, -0.1) is 0 Å². The Morgan fingerprint density at radius 3 is 2.50 bits per heavy atom. The number of carbonyl (C=O) groups is 3. The molecule has 0 aromatic heterocycles. The Hall–Kier alpha value is -2.64. The second kappa shape index (κ2) is 9.17. The Kier molecular flexibility index (Phi) is 6.94. The van der Waals surface area contributed by atoms with E-state index in [0.717, 1.165) is 4.90 Å². The summed E-state index contributed by atoms with van der Waals surface area (Å²) in [4.78, 5) is 38.5. The number of para-hydroxylation sites is 1. The molecule has 1 saturated heterocycles. The summed E-state index contributed by atoms with van der Waals surface area (Å²) in [5.74, 6) is -1.33. The third-order valence-corrected chi connectivity index (χ3v) is 4.21. The number of halogens is 1. The molecule has 1 fully saturated rings. The van der Waals surface area contributed by atoms with Crippen LogP contribution in [0.5, 0.6) is 0 Å². The highest BCUT2D eigenvalue weighted by Crippen LogP contribution is 2.19. The van der Waals surface area contributed by atoms with Crippen molar-refractivity contribution in [1.82, 2.24) is 10.2 Å². The molecule has 0 aliphatic carbocycles. The zero-order valence-electron chi connectivity index (χ0n) is 15.0. The van der Waals surface area contributed by atoms with E-state index in [-0.39, 0.29) is 30.3 Å². The van der Waals surface area contributed by atoms with Gasteiger partial charge in [0.2, 0.25) is 11.8 Å². The highest BCUT2D eigenvalue weighted by Gasteiger charge is 2.26. The first-order chi connectivity index (χ1) is 12.4. The number of nitrogens with one attached hydrogen (secondary N) is 1. The number of nitrogens with zero attached hydrogens (tertiary/aromatic N) is 2. The number of likely N-dealkylation sites (tertiary alicyclic amines) is 1. The van der Waals surface area contributed by atoms with Crippen molar-refractivity contribution in [3.05, 3.63) is 30.1 Å². The molecule has 0 spiro atoms. The summed E-state index contributed by atoms with van der Waals surface area (Å²) in [5, 5.41) is 2.85. The Bertz CT molecular complexity index is 660. The van der Waals surface area contributed by atoms with Gasteiger partial charge in [-0.3, -0.25) is 9.59 Å². The SMILES string of the molecule is CCOC(=O)N1CCC(NC(=O)CN(C(C)=O)c2ccccc2F)CC1. The molecule has 0 atom stereocenters. The second-order valence-corrected chi connectivity index (χ2v) is 6.08. The first-order valence-corrected chi connectivity index (χ1v) is 8.66. The summed E-state index contributed by atoms with van der Waals surface area (Å²) in [6.07, 6.45) is 0.855. The van der Waals surface area contributed by atoms with Crippen molar-refractivity contribution in [2.75, 3.05) is 31.1 Å². The predicted molar refractivity (Wildman–Crippen MR) is 94.2 cm³/mol. The molecule has 3 amide bonds. The molecule has 142 valence electrons. The molecule has 7 nitrogen and oxygen atoms in total. The Labute approximate surface area is 152 Å². The smallest absolute Gasteiger partial charge is 0.409 e. The average Bonchev–Trinajstić information content (AvgIpc) is 2.61. The number of benzene rings is 1. The molecule has 1 aliphatic heterocycles. The van der Waals surface area contributed by atoms with Gasteiger partial charge in [0, 0.05) is 26.1 Å². The van der Waals surface area contributed by atoms with Crippen LogP contribution in [0, 0.1) is 5.82 Å². The fourth-order valence-electron chi connectivity index (χ4n) is 2.87. The summed E-state index contributed by atoms with van der Waals surface area (Å²) >= 11 is 0. The third-order valence-electron chi connectivity index (χ3n) is 4.21. The van der Waals surface area contributed by atoms with Crippen molar-refractivity contribution in [1.29, 1.82) is 0 Å². The molecule has 0 bridgehead atoms. The molecule has 26 heavy (non-hydrogen) atoms. The highest BCUT2D eigenvalue weighted by atomic mass is 19.1. The van der Waals surface area contributed by atoms with Gasteiger partial charge in [-0.05, 0) is 31.9 Å². The fraction of sp³-hybridized carbons (Fsp3) is 0.500. The maximum Gasteiger partial charge on any atom is 0.409 e. The Morgan fingerprint density at radius 2 is 1.92 bits per heavy atom. The third kappa shape index (κ3) is 5.18. The number of amides is 3. The number of anilines is 1. The van der Waals surface area contributed by atoms with Gasteiger partial charge >= 0.3 is 6.09 Å². The van der Waals surface area contributed by atoms with E-state index in [4.69, 9.17) is 4.74 Å². The van der Waals surface area contributed by atoms with Crippen LogP contribution >= 0.6 is 0 Å². The Morgan fingerprint density at radius 1 is 1.27 bits per heavy atom. The summed E-state index contributed by atoms with van der Waals surface area (Å²) in [6.45, 7) is 4.10. The number of carbonyl (C=O) groups excluding carboxylic acids is 3. The summed E-state index contributed by atoms with van der Waals surface area (Å²) < 4.78 is 18.9. The zero-order chi connectivity index (χ0) is 19.1. The Balaban J connectivity index is 1.89. The van der Waals surface area contributed by atoms with Crippen LogP contribution in [0.2, 0.25) is 0 Å². The molecule has 1 heterocycles. The lowest BCUT2D eigenvalue weighted by molar-refractivity contribution is -0.123. The van der Waals surface area contributed by atoms with Crippen molar-refractivity contribution in [2.24, 2.45) is 0 Å². The van der Waals surface area contributed by atoms with Gasteiger partial charge in [0.25, 0.3) is 0 Å². The maximum atomic E-state index is 13.9. The van der Waals surface area contributed by atoms with Crippen LogP contribution in [-0.4, -0.2) is 55.1 Å². The van der Waals surface area contributed by atoms with Crippen LogP contribution in [0.1, 0.15) is 26.7 Å². The van der Waals surface area contributed by atoms with Gasteiger partial charge < -0.3 is 19.9 Å². The fourth-order valence-corrected chi connectivity index (χ4v) is 2.87. The van der Waals surface area contributed by atoms with Gasteiger partial charge in [0.05, 0.1) is 12.3 Å². The van der Waals surface area contributed by atoms with Gasteiger partial charge in [-0.25, -0.2) is 9.18 Å². The lowest BCUT2D eigenvalue weighted by Crippen LogP contribution is -2.49. The van der Waals surface area contributed by atoms with E-state index in [0.29, 0.717) is 32.5 Å². The first-order valence-electron chi connectivity index (χ1n) is 8.66. The lowest BCUT2D eigenvalue weighted by Gasteiger charge is -2.32.